The predicted octanol–water partition coefficient (Wildman–Crippen LogP) is 4.64. The fraction of sp³-hybridized carbons (Fsp3) is 1.00. The smallest absolute Gasteiger partial charge is 0.207 e. The molecule has 0 bridgehead atoms. The van der Waals surface area contributed by atoms with E-state index in [0.29, 0.717) is 0 Å². The Labute approximate surface area is 83.2 Å². The molecule has 0 unspecified atom stereocenters. The third-order valence-electron chi connectivity index (χ3n) is 1.24. The highest BCUT2D eigenvalue weighted by molar-refractivity contribution is 6.48. The van der Waals surface area contributed by atoms with E-state index in [4.69, 9.17) is 23.2 Å². The lowest BCUT2D eigenvalue weighted by Crippen LogP contribution is -2.05. The van der Waals surface area contributed by atoms with Gasteiger partial charge in [-0.2, -0.15) is 0 Å². The molecule has 4 heteroatoms. The Morgan fingerprint density at radius 1 is 1.00 bits per heavy atom. The fourth-order valence-corrected chi connectivity index (χ4v) is 0. The molecule has 0 nitrogen and oxygen atoms in total. The van der Waals surface area contributed by atoms with Crippen molar-refractivity contribution < 1.29 is 8.78 Å². The maximum atomic E-state index is 11.5. The average molecular weight is 221 g/mol. The van der Waals surface area contributed by atoms with Crippen molar-refractivity contribution >= 4 is 23.2 Å². The monoisotopic (exact) mass is 220 g/mol. The lowest BCUT2D eigenvalue weighted by Gasteiger charge is -2.05. The molecular formula is C8H16Cl2F2. The number of halogens is 4. The van der Waals surface area contributed by atoms with E-state index in [1.807, 2.05) is 6.92 Å². The third-order valence-corrected chi connectivity index (χ3v) is 1.78. The normalized spacial score (nSPS) is 12.0. The summed E-state index contributed by atoms with van der Waals surface area (Å²) in [5.74, 6) is -2.46. The van der Waals surface area contributed by atoms with Crippen LogP contribution in [0.25, 0.3) is 0 Å². The second kappa shape index (κ2) is 5.98. The van der Waals surface area contributed by atoms with Crippen LogP contribution in [-0.4, -0.2) is 10.3 Å². The van der Waals surface area contributed by atoms with Crippen LogP contribution in [0.3, 0.4) is 0 Å². The van der Waals surface area contributed by atoms with Crippen LogP contribution in [0.2, 0.25) is 0 Å². The van der Waals surface area contributed by atoms with Crippen LogP contribution in [0, 0.1) is 0 Å². The summed E-state index contributed by atoms with van der Waals surface area (Å²) in [6, 6.07) is 0. The molecule has 0 heterocycles. The second-order valence-corrected chi connectivity index (χ2v) is 4.71. The van der Waals surface area contributed by atoms with Crippen molar-refractivity contribution in [3.8, 4) is 0 Å². The first-order valence-electron chi connectivity index (χ1n) is 3.88. The Morgan fingerprint density at radius 2 is 1.17 bits per heavy atom. The maximum Gasteiger partial charge on any atom is 0.245 e. The number of hydrogen-bond acceptors (Lipinski definition) is 0. The molecule has 12 heavy (non-hydrogen) atoms. The van der Waals surface area contributed by atoms with Crippen LogP contribution in [-0.2, 0) is 0 Å². The molecule has 76 valence electrons. The van der Waals surface area contributed by atoms with Crippen molar-refractivity contribution in [1.82, 2.24) is 0 Å². The van der Waals surface area contributed by atoms with Crippen molar-refractivity contribution in [2.45, 2.75) is 50.8 Å². The van der Waals surface area contributed by atoms with Crippen LogP contribution in [0.1, 0.15) is 40.5 Å². The summed E-state index contributed by atoms with van der Waals surface area (Å²) in [7, 11) is 0. The minimum absolute atomic E-state index is 0.0625. The van der Waals surface area contributed by atoms with E-state index in [0.717, 1.165) is 13.3 Å². The first kappa shape index (κ1) is 14.9. The molecular weight excluding hydrogens is 205 g/mol. The predicted molar refractivity (Wildman–Crippen MR) is 51.3 cm³/mol. The molecule has 0 aliphatic heterocycles. The van der Waals surface area contributed by atoms with Crippen molar-refractivity contribution in [1.29, 1.82) is 0 Å². The largest absolute Gasteiger partial charge is 0.245 e. The molecule has 0 N–H and O–H groups in total. The minimum atomic E-state index is -2.46. The van der Waals surface area contributed by atoms with Gasteiger partial charge in [0.25, 0.3) is 0 Å². The number of alkyl halides is 4. The molecule has 0 atom stereocenters. The van der Waals surface area contributed by atoms with E-state index in [2.05, 4.69) is 0 Å². The molecule has 0 radical (unpaired) electrons. The van der Waals surface area contributed by atoms with Gasteiger partial charge in [-0.1, -0.05) is 13.8 Å². The Bertz CT molecular complexity index is 88.6. The Hall–Kier alpha value is 0.440. The molecule has 0 saturated heterocycles. The fourth-order valence-electron chi connectivity index (χ4n) is 0. The SMILES string of the molecule is CCC(C)(Cl)Cl.CCC(C)(F)F. The van der Waals surface area contributed by atoms with Crippen LogP contribution >= 0.6 is 23.2 Å². The minimum Gasteiger partial charge on any atom is -0.207 e. The highest BCUT2D eigenvalue weighted by atomic mass is 35.5. The van der Waals surface area contributed by atoms with Crippen LogP contribution in [0.4, 0.5) is 8.78 Å². The summed E-state index contributed by atoms with van der Waals surface area (Å²) in [5, 5.41) is 0. The standard InChI is InChI=1S/C4H8Cl2.C4H8F2/c2*1-3-4(2,5)6/h2*3H2,1-2H3. The summed E-state index contributed by atoms with van der Waals surface area (Å²) in [6.45, 7) is 6.09. The van der Waals surface area contributed by atoms with Gasteiger partial charge >= 0.3 is 0 Å². The topological polar surface area (TPSA) is 0 Å². The van der Waals surface area contributed by atoms with Gasteiger partial charge in [-0.05, 0) is 20.3 Å². The summed E-state index contributed by atoms with van der Waals surface area (Å²) in [5.41, 5.74) is 0. The van der Waals surface area contributed by atoms with Gasteiger partial charge in [-0.15, -0.1) is 23.2 Å². The molecule has 0 aliphatic carbocycles. The molecule has 0 aromatic rings. The van der Waals surface area contributed by atoms with E-state index >= 15 is 0 Å². The second-order valence-electron chi connectivity index (χ2n) is 2.85. The first-order valence-corrected chi connectivity index (χ1v) is 4.63. The van der Waals surface area contributed by atoms with Crippen molar-refractivity contribution in [3.05, 3.63) is 0 Å². The lowest BCUT2D eigenvalue weighted by molar-refractivity contribution is 0.0181. The van der Waals surface area contributed by atoms with Gasteiger partial charge in [-0.3, -0.25) is 0 Å². The van der Waals surface area contributed by atoms with Gasteiger partial charge in [0.05, 0.1) is 0 Å². The van der Waals surface area contributed by atoms with Gasteiger partial charge in [-0.25, -0.2) is 8.78 Å². The molecule has 0 rings (SSSR count). The quantitative estimate of drug-likeness (QED) is 0.595. The van der Waals surface area contributed by atoms with Gasteiger partial charge < -0.3 is 0 Å². The van der Waals surface area contributed by atoms with E-state index < -0.39 is 10.3 Å². The van der Waals surface area contributed by atoms with E-state index in [1.54, 1.807) is 6.92 Å². The molecule has 0 amide bonds. The molecule has 0 aromatic carbocycles. The van der Waals surface area contributed by atoms with Crippen LogP contribution < -0.4 is 0 Å². The van der Waals surface area contributed by atoms with Crippen LogP contribution in [0.15, 0.2) is 0 Å². The van der Waals surface area contributed by atoms with Crippen molar-refractivity contribution in [2.24, 2.45) is 0 Å². The summed E-state index contributed by atoms with van der Waals surface area (Å²) >= 11 is 11.0. The number of rotatable bonds is 2. The molecule has 0 aliphatic rings. The van der Waals surface area contributed by atoms with Gasteiger partial charge in [0.15, 0.2) is 0 Å². The lowest BCUT2D eigenvalue weighted by atomic mass is 10.3. The Kier molecular flexibility index (Phi) is 7.44. The first-order chi connectivity index (χ1) is 5.12. The van der Waals surface area contributed by atoms with Crippen molar-refractivity contribution in [3.63, 3.8) is 0 Å². The maximum absolute atomic E-state index is 11.5. The van der Waals surface area contributed by atoms with Crippen molar-refractivity contribution in [2.75, 3.05) is 0 Å². The Morgan fingerprint density at radius 3 is 1.17 bits per heavy atom. The molecule has 0 saturated carbocycles. The number of hydrogen-bond donors (Lipinski definition) is 0. The van der Waals surface area contributed by atoms with Gasteiger partial charge in [0.1, 0.15) is 4.33 Å². The summed E-state index contributed by atoms with van der Waals surface area (Å²) in [6.07, 6.45) is 0.739. The third kappa shape index (κ3) is 22.4. The molecule has 0 spiro atoms. The molecule has 0 fully saturated rings. The highest BCUT2D eigenvalue weighted by Crippen LogP contribution is 2.22. The van der Waals surface area contributed by atoms with E-state index in [1.165, 1.54) is 6.92 Å². The zero-order valence-electron chi connectivity index (χ0n) is 7.93. The average Bonchev–Trinajstić information content (AvgIpc) is 1.86. The van der Waals surface area contributed by atoms with E-state index in [-0.39, 0.29) is 6.42 Å². The van der Waals surface area contributed by atoms with E-state index in [9.17, 15) is 8.78 Å². The summed E-state index contributed by atoms with van der Waals surface area (Å²) < 4.78 is 22.4. The zero-order valence-corrected chi connectivity index (χ0v) is 9.44. The summed E-state index contributed by atoms with van der Waals surface area (Å²) in [4.78, 5) is 0. The van der Waals surface area contributed by atoms with Gasteiger partial charge in [0, 0.05) is 6.42 Å². The van der Waals surface area contributed by atoms with Crippen LogP contribution in [0.5, 0.6) is 0 Å². The Balaban J connectivity index is 0. The molecule has 0 aromatic heterocycles. The highest BCUT2D eigenvalue weighted by Gasteiger charge is 2.15. The zero-order chi connectivity index (χ0) is 10.4. The van der Waals surface area contributed by atoms with Gasteiger partial charge in [0.2, 0.25) is 5.92 Å².